The Balaban J connectivity index is 1.68. The number of nitrogens with one attached hydrogen (secondary N) is 1. The molecule has 0 aliphatic carbocycles. The van der Waals surface area contributed by atoms with Gasteiger partial charge in [-0.1, -0.05) is 37.1 Å². The van der Waals surface area contributed by atoms with E-state index in [4.69, 9.17) is 9.26 Å². The molecule has 2 heterocycles. The summed E-state index contributed by atoms with van der Waals surface area (Å²) in [4.78, 5) is 51.0. The first kappa shape index (κ1) is 20.2. The molecule has 0 bridgehead atoms. The van der Waals surface area contributed by atoms with Gasteiger partial charge in [-0.2, -0.15) is 0 Å². The Morgan fingerprint density at radius 2 is 1.86 bits per heavy atom. The second-order valence-electron chi connectivity index (χ2n) is 6.66. The summed E-state index contributed by atoms with van der Waals surface area (Å²) in [6.45, 7) is 3.03. The van der Waals surface area contributed by atoms with Crippen molar-refractivity contribution in [3.63, 3.8) is 0 Å². The number of esters is 1. The van der Waals surface area contributed by atoms with Gasteiger partial charge < -0.3 is 14.6 Å². The predicted molar refractivity (Wildman–Crippen MR) is 101 cm³/mol. The summed E-state index contributed by atoms with van der Waals surface area (Å²) in [7, 11) is 0. The van der Waals surface area contributed by atoms with Crippen LogP contribution in [0.3, 0.4) is 0 Å². The number of hydrogen-bond acceptors (Lipinski definition) is 7. The van der Waals surface area contributed by atoms with Gasteiger partial charge in [0, 0.05) is 6.07 Å². The van der Waals surface area contributed by atoms with Crippen molar-refractivity contribution >= 4 is 29.5 Å². The summed E-state index contributed by atoms with van der Waals surface area (Å²) < 4.78 is 9.94. The van der Waals surface area contributed by atoms with E-state index >= 15 is 0 Å². The minimum absolute atomic E-state index is 0.200. The number of ether oxygens (including phenoxy) is 1. The summed E-state index contributed by atoms with van der Waals surface area (Å²) in [6, 6.07) is 6.83. The van der Waals surface area contributed by atoms with Crippen molar-refractivity contribution in [3.8, 4) is 0 Å². The second-order valence-corrected chi connectivity index (χ2v) is 6.66. The molecule has 1 aromatic carbocycles. The van der Waals surface area contributed by atoms with Gasteiger partial charge in [-0.25, -0.2) is 4.79 Å². The van der Waals surface area contributed by atoms with E-state index in [1.807, 2.05) is 6.92 Å². The van der Waals surface area contributed by atoms with Crippen molar-refractivity contribution in [2.24, 2.45) is 0 Å². The van der Waals surface area contributed by atoms with Crippen LogP contribution in [-0.4, -0.2) is 46.4 Å². The molecular formula is C20H21N3O6. The molecule has 1 N–H and O–H groups in total. The lowest BCUT2D eigenvalue weighted by molar-refractivity contribution is -0.151. The number of imide groups is 1. The van der Waals surface area contributed by atoms with Crippen LogP contribution in [0.15, 0.2) is 34.9 Å². The molecule has 1 atom stereocenters. The molecule has 1 aliphatic rings. The molecule has 3 rings (SSSR count). The molecule has 0 spiro atoms. The quantitative estimate of drug-likeness (QED) is 0.534. The van der Waals surface area contributed by atoms with Gasteiger partial charge in [0.15, 0.2) is 12.4 Å². The zero-order valence-corrected chi connectivity index (χ0v) is 16.1. The fraction of sp³-hybridized carbons (Fsp3) is 0.350. The number of amides is 3. The minimum Gasteiger partial charge on any atom is -0.454 e. The predicted octanol–water partition coefficient (Wildman–Crippen LogP) is 2.32. The number of benzene rings is 1. The van der Waals surface area contributed by atoms with E-state index in [0.717, 1.165) is 11.3 Å². The van der Waals surface area contributed by atoms with Gasteiger partial charge >= 0.3 is 5.97 Å². The molecule has 9 heteroatoms. The third-order valence-electron chi connectivity index (χ3n) is 4.48. The highest BCUT2D eigenvalue weighted by Gasteiger charge is 2.43. The van der Waals surface area contributed by atoms with Crippen LogP contribution in [0, 0.1) is 6.92 Å². The van der Waals surface area contributed by atoms with Crippen LogP contribution in [0.2, 0.25) is 0 Å². The van der Waals surface area contributed by atoms with Crippen molar-refractivity contribution in [1.29, 1.82) is 0 Å². The molecule has 1 aliphatic heterocycles. The summed E-state index contributed by atoms with van der Waals surface area (Å²) in [6.07, 6.45) is 1.63. The number of anilines is 1. The van der Waals surface area contributed by atoms with Gasteiger partial charge in [0.25, 0.3) is 17.7 Å². The summed E-state index contributed by atoms with van der Waals surface area (Å²) >= 11 is 0. The van der Waals surface area contributed by atoms with Crippen LogP contribution >= 0.6 is 0 Å². The Bertz CT molecular complexity index is 916. The lowest BCUT2D eigenvalue weighted by Crippen LogP contribution is -2.46. The SMILES string of the molecule is CCCC[C@@H](C(=O)OCC(=O)Nc1cc(C)on1)N1C(=O)c2ccccc2C1=O. The molecule has 1 aromatic heterocycles. The molecule has 0 saturated carbocycles. The average molecular weight is 399 g/mol. The molecule has 3 amide bonds. The van der Waals surface area contributed by atoms with Crippen molar-refractivity contribution < 1.29 is 28.4 Å². The number of fused-ring (bicyclic) bond motifs is 1. The number of nitrogens with zero attached hydrogens (tertiary/aromatic N) is 2. The summed E-state index contributed by atoms with van der Waals surface area (Å²) in [5.74, 6) is -1.77. The lowest BCUT2D eigenvalue weighted by atomic mass is 10.1. The zero-order valence-electron chi connectivity index (χ0n) is 16.1. The summed E-state index contributed by atoms with van der Waals surface area (Å²) in [5.41, 5.74) is 0.511. The highest BCUT2D eigenvalue weighted by molar-refractivity contribution is 6.22. The maximum atomic E-state index is 12.7. The Kier molecular flexibility index (Phi) is 6.06. The molecule has 2 aromatic rings. The van der Waals surface area contributed by atoms with E-state index in [9.17, 15) is 19.2 Å². The number of carbonyl (C=O) groups excluding carboxylic acids is 4. The van der Waals surface area contributed by atoms with Crippen LogP contribution in [0.25, 0.3) is 0 Å². The molecule has 0 radical (unpaired) electrons. The first-order valence-electron chi connectivity index (χ1n) is 9.29. The Hall–Kier alpha value is -3.49. The lowest BCUT2D eigenvalue weighted by Gasteiger charge is -2.24. The number of carbonyl (C=O) groups is 4. The highest BCUT2D eigenvalue weighted by atomic mass is 16.5. The maximum Gasteiger partial charge on any atom is 0.329 e. The van der Waals surface area contributed by atoms with E-state index in [1.165, 1.54) is 6.07 Å². The first-order valence-corrected chi connectivity index (χ1v) is 9.29. The van der Waals surface area contributed by atoms with E-state index in [2.05, 4.69) is 10.5 Å². The summed E-state index contributed by atoms with van der Waals surface area (Å²) in [5, 5.41) is 6.05. The average Bonchev–Trinajstić information content (AvgIpc) is 3.22. The zero-order chi connectivity index (χ0) is 21.0. The number of rotatable bonds is 8. The smallest absolute Gasteiger partial charge is 0.329 e. The minimum atomic E-state index is -1.09. The Morgan fingerprint density at radius 3 is 2.41 bits per heavy atom. The van der Waals surface area contributed by atoms with Gasteiger partial charge in [0.05, 0.1) is 11.1 Å². The van der Waals surface area contributed by atoms with Crippen molar-refractivity contribution in [2.75, 3.05) is 11.9 Å². The number of aryl methyl sites for hydroxylation is 1. The number of unbranched alkanes of at least 4 members (excludes halogenated alkanes) is 1. The third kappa shape index (κ3) is 4.34. The molecule has 29 heavy (non-hydrogen) atoms. The fourth-order valence-electron chi connectivity index (χ4n) is 3.08. The molecule has 0 fully saturated rings. The number of aromatic nitrogens is 1. The van der Waals surface area contributed by atoms with Gasteiger partial charge in [0.2, 0.25) is 0 Å². The van der Waals surface area contributed by atoms with Crippen LogP contribution in [0.4, 0.5) is 5.82 Å². The monoisotopic (exact) mass is 399 g/mol. The second kappa shape index (κ2) is 8.68. The Morgan fingerprint density at radius 1 is 1.21 bits per heavy atom. The largest absolute Gasteiger partial charge is 0.454 e. The highest BCUT2D eigenvalue weighted by Crippen LogP contribution is 2.26. The van der Waals surface area contributed by atoms with E-state index in [-0.39, 0.29) is 23.4 Å². The normalized spacial score (nSPS) is 13.9. The van der Waals surface area contributed by atoms with Crippen molar-refractivity contribution in [2.45, 2.75) is 39.2 Å². The first-order chi connectivity index (χ1) is 13.9. The van der Waals surface area contributed by atoms with Crippen LogP contribution in [-0.2, 0) is 14.3 Å². The number of hydrogen-bond donors (Lipinski definition) is 1. The van der Waals surface area contributed by atoms with Gasteiger partial charge in [-0.05, 0) is 25.5 Å². The Labute approximate surface area is 167 Å². The van der Waals surface area contributed by atoms with Crippen molar-refractivity contribution in [1.82, 2.24) is 10.1 Å². The van der Waals surface area contributed by atoms with E-state index < -0.39 is 36.3 Å². The van der Waals surface area contributed by atoms with Crippen molar-refractivity contribution in [3.05, 3.63) is 47.2 Å². The third-order valence-corrected chi connectivity index (χ3v) is 4.48. The van der Waals surface area contributed by atoms with Crippen LogP contribution in [0.5, 0.6) is 0 Å². The molecule has 0 unspecified atom stereocenters. The molecule has 0 saturated heterocycles. The van der Waals surface area contributed by atoms with Gasteiger partial charge in [0.1, 0.15) is 11.8 Å². The van der Waals surface area contributed by atoms with Crippen LogP contribution < -0.4 is 5.32 Å². The van der Waals surface area contributed by atoms with E-state index in [1.54, 1.807) is 31.2 Å². The molecule has 9 nitrogen and oxygen atoms in total. The fourth-order valence-corrected chi connectivity index (χ4v) is 3.08. The van der Waals surface area contributed by atoms with Gasteiger partial charge in [-0.3, -0.25) is 19.3 Å². The standard InChI is InChI=1S/C20H21N3O6/c1-3-4-9-15(23-18(25)13-7-5-6-8-14(13)19(23)26)20(27)28-11-17(24)21-16-10-12(2)29-22-16/h5-8,10,15H,3-4,9,11H2,1-2H3,(H,21,22,24)/t15-/m0/s1. The maximum absolute atomic E-state index is 12.7. The molecular weight excluding hydrogens is 378 g/mol. The van der Waals surface area contributed by atoms with Crippen LogP contribution in [0.1, 0.15) is 52.7 Å². The van der Waals surface area contributed by atoms with Gasteiger partial charge in [-0.15, -0.1) is 0 Å². The molecule has 152 valence electrons. The topological polar surface area (TPSA) is 119 Å². The van der Waals surface area contributed by atoms with E-state index in [0.29, 0.717) is 12.2 Å².